The van der Waals surface area contributed by atoms with Crippen molar-refractivity contribution in [1.82, 2.24) is 4.90 Å². The first-order valence-electron chi connectivity index (χ1n) is 6.97. The molecule has 1 aromatic carbocycles. The van der Waals surface area contributed by atoms with Gasteiger partial charge in [-0.05, 0) is 36.3 Å². The third-order valence-corrected chi connectivity index (χ3v) is 4.80. The molecule has 1 atom stereocenters. The molecule has 0 aromatic heterocycles. The number of hydrogen-bond donors (Lipinski definition) is 1. The van der Waals surface area contributed by atoms with Crippen molar-refractivity contribution in [1.29, 1.82) is 0 Å². The predicted octanol–water partition coefficient (Wildman–Crippen LogP) is 2.29. The fourth-order valence-electron chi connectivity index (χ4n) is 2.25. The molecule has 21 heavy (non-hydrogen) atoms. The Balaban J connectivity index is 2.00. The van der Waals surface area contributed by atoms with Gasteiger partial charge in [0.25, 0.3) is 0 Å². The van der Waals surface area contributed by atoms with Gasteiger partial charge >= 0.3 is 11.8 Å². The van der Waals surface area contributed by atoms with E-state index in [0.29, 0.717) is 17.7 Å². The zero-order valence-corrected chi connectivity index (χ0v) is 13.0. The van der Waals surface area contributed by atoms with Crippen LogP contribution < -0.4 is 5.32 Å². The highest BCUT2D eigenvalue weighted by Gasteiger charge is 2.28. The van der Waals surface area contributed by atoms with Gasteiger partial charge in [0.2, 0.25) is 0 Å². The molecule has 114 valence electrons. The summed E-state index contributed by atoms with van der Waals surface area (Å²) < 4.78 is 13.7. The standard InChI is InChI=1S/C15H19FN2O2S/c1-3-10-4-5-11(8-13(10)16)17-14(19)15(20)18(2)12-6-7-21-9-12/h4-5,8,12H,3,6-7,9H2,1-2H3,(H,17,19)/t12-/m0/s1. The highest BCUT2D eigenvalue weighted by atomic mass is 32.2. The number of carbonyl (C=O) groups is 2. The Morgan fingerprint density at radius 1 is 1.48 bits per heavy atom. The lowest BCUT2D eigenvalue weighted by Gasteiger charge is -2.23. The largest absolute Gasteiger partial charge is 0.334 e. The third kappa shape index (κ3) is 3.75. The second kappa shape index (κ2) is 6.93. The van der Waals surface area contributed by atoms with Gasteiger partial charge < -0.3 is 10.2 Å². The summed E-state index contributed by atoms with van der Waals surface area (Å²) in [4.78, 5) is 25.5. The van der Waals surface area contributed by atoms with Gasteiger partial charge in [-0.3, -0.25) is 9.59 Å². The number of hydrogen-bond acceptors (Lipinski definition) is 3. The van der Waals surface area contributed by atoms with Crippen LogP contribution in [0.5, 0.6) is 0 Å². The van der Waals surface area contributed by atoms with Crippen LogP contribution in [-0.2, 0) is 16.0 Å². The lowest BCUT2D eigenvalue weighted by molar-refractivity contribution is -0.143. The fraction of sp³-hybridized carbons (Fsp3) is 0.467. The van der Waals surface area contributed by atoms with Crippen LogP contribution in [0.1, 0.15) is 18.9 Å². The SMILES string of the molecule is CCc1ccc(NC(=O)C(=O)N(C)[C@H]2CCSC2)cc1F. The second-order valence-electron chi connectivity index (χ2n) is 5.05. The van der Waals surface area contributed by atoms with E-state index in [2.05, 4.69) is 5.32 Å². The van der Waals surface area contributed by atoms with E-state index in [1.807, 2.05) is 6.92 Å². The maximum Gasteiger partial charge on any atom is 0.313 e. The van der Waals surface area contributed by atoms with Crippen LogP contribution in [0.2, 0.25) is 0 Å². The molecule has 1 heterocycles. The van der Waals surface area contributed by atoms with E-state index >= 15 is 0 Å². The van der Waals surface area contributed by atoms with Gasteiger partial charge in [-0.1, -0.05) is 13.0 Å². The summed E-state index contributed by atoms with van der Waals surface area (Å²) in [6.07, 6.45) is 1.49. The Morgan fingerprint density at radius 3 is 2.81 bits per heavy atom. The van der Waals surface area contributed by atoms with Gasteiger partial charge in [0.05, 0.1) is 0 Å². The molecular weight excluding hydrogens is 291 g/mol. The number of anilines is 1. The monoisotopic (exact) mass is 310 g/mol. The minimum atomic E-state index is -0.724. The molecule has 2 rings (SSSR count). The van der Waals surface area contributed by atoms with Crippen LogP contribution in [0.25, 0.3) is 0 Å². The summed E-state index contributed by atoms with van der Waals surface area (Å²) in [5.41, 5.74) is 0.886. The number of halogens is 1. The molecule has 1 aliphatic rings. The molecule has 2 amide bonds. The van der Waals surface area contributed by atoms with Crippen LogP contribution in [0.15, 0.2) is 18.2 Å². The van der Waals surface area contributed by atoms with Gasteiger partial charge in [-0.15, -0.1) is 0 Å². The average molecular weight is 310 g/mol. The Bertz CT molecular complexity index is 544. The van der Waals surface area contributed by atoms with Gasteiger partial charge in [-0.2, -0.15) is 11.8 Å². The molecule has 4 nitrogen and oxygen atoms in total. The Labute approximate surface area is 128 Å². The van der Waals surface area contributed by atoms with Crippen molar-refractivity contribution in [3.63, 3.8) is 0 Å². The lowest BCUT2D eigenvalue weighted by atomic mass is 10.1. The van der Waals surface area contributed by atoms with Crippen molar-refractivity contribution in [3.8, 4) is 0 Å². The highest BCUT2D eigenvalue weighted by Crippen LogP contribution is 2.21. The first-order valence-corrected chi connectivity index (χ1v) is 8.12. The van der Waals surface area contributed by atoms with Gasteiger partial charge in [0.15, 0.2) is 0 Å². The number of amides is 2. The highest BCUT2D eigenvalue weighted by molar-refractivity contribution is 7.99. The van der Waals surface area contributed by atoms with Gasteiger partial charge in [0.1, 0.15) is 5.82 Å². The summed E-state index contributed by atoms with van der Waals surface area (Å²) in [6, 6.07) is 4.58. The van der Waals surface area contributed by atoms with Crippen LogP contribution in [0.4, 0.5) is 10.1 Å². The summed E-state index contributed by atoms with van der Waals surface area (Å²) in [6.45, 7) is 1.86. The predicted molar refractivity (Wildman–Crippen MR) is 82.9 cm³/mol. The molecule has 0 bridgehead atoms. The van der Waals surface area contributed by atoms with Gasteiger partial charge in [-0.25, -0.2) is 4.39 Å². The maximum atomic E-state index is 13.7. The van der Waals surface area contributed by atoms with E-state index in [-0.39, 0.29) is 11.9 Å². The lowest BCUT2D eigenvalue weighted by Crippen LogP contribution is -2.43. The van der Waals surface area contributed by atoms with Crippen LogP contribution in [0.3, 0.4) is 0 Å². The summed E-state index contributed by atoms with van der Waals surface area (Å²) >= 11 is 1.77. The number of aryl methyl sites for hydroxylation is 1. The Hall–Kier alpha value is -1.56. The van der Waals surface area contributed by atoms with Crippen molar-refractivity contribution in [2.45, 2.75) is 25.8 Å². The number of nitrogens with zero attached hydrogens (tertiary/aromatic N) is 1. The topological polar surface area (TPSA) is 49.4 Å². The van der Waals surface area contributed by atoms with Crippen LogP contribution in [0, 0.1) is 5.82 Å². The van der Waals surface area contributed by atoms with Crippen LogP contribution in [-0.4, -0.2) is 41.3 Å². The molecule has 1 fully saturated rings. The quantitative estimate of drug-likeness (QED) is 0.872. The number of nitrogens with one attached hydrogen (secondary N) is 1. The van der Waals surface area contributed by atoms with E-state index in [1.54, 1.807) is 30.9 Å². The van der Waals surface area contributed by atoms with Crippen molar-refractivity contribution in [2.75, 3.05) is 23.9 Å². The number of benzene rings is 1. The molecule has 1 N–H and O–H groups in total. The minimum Gasteiger partial charge on any atom is -0.334 e. The molecule has 0 unspecified atom stereocenters. The minimum absolute atomic E-state index is 0.104. The summed E-state index contributed by atoms with van der Waals surface area (Å²) in [7, 11) is 1.64. The molecule has 1 aliphatic heterocycles. The van der Waals surface area contributed by atoms with Crippen molar-refractivity contribution >= 4 is 29.3 Å². The molecule has 0 radical (unpaired) electrons. The van der Waals surface area contributed by atoms with E-state index in [1.165, 1.54) is 11.0 Å². The number of carbonyl (C=O) groups excluding carboxylic acids is 2. The fourth-order valence-corrected chi connectivity index (χ4v) is 3.52. The maximum absolute atomic E-state index is 13.7. The second-order valence-corrected chi connectivity index (χ2v) is 6.20. The molecule has 6 heteroatoms. The van der Waals surface area contributed by atoms with Crippen molar-refractivity contribution in [2.24, 2.45) is 0 Å². The summed E-state index contributed by atoms with van der Waals surface area (Å²) in [5.74, 6) is 0.187. The van der Waals surface area contributed by atoms with E-state index in [0.717, 1.165) is 17.9 Å². The van der Waals surface area contributed by atoms with Crippen molar-refractivity contribution < 1.29 is 14.0 Å². The third-order valence-electron chi connectivity index (χ3n) is 3.66. The number of thioether (sulfide) groups is 1. The van der Waals surface area contributed by atoms with E-state index < -0.39 is 11.8 Å². The van der Waals surface area contributed by atoms with Crippen LogP contribution >= 0.6 is 11.8 Å². The first kappa shape index (κ1) is 15.8. The zero-order chi connectivity index (χ0) is 15.4. The molecule has 1 aromatic rings. The molecule has 0 spiro atoms. The smallest absolute Gasteiger partial charge is 0.313 e. The zero-order valence-electron chi connectivity index (χ0n) is 12.2. The number of rotatable bonds is 3. The first-order chi connectivity index (χ1) is 10.0. The van der Waals surface area contributed by atoms with Gasteiger partial charge in [0, 0.05) is 24.5 Å². The van der Waals surface area contributed by atoms with E-state index in [9.17, 15) is 14.0 Å². The van der Waals surface area contributed by atoms with E-state index in [4.69, 9.17) is 0 Å². The molecule has 0 aliphatic carbocycles. The average Bonchev–Trinajstić information content (AvgIpc) is 3.00. The molecule has 0 saturated carbocycles. The number of likely N-dealkylation sites (N-methyl/N-ethyl adjacent to an activating group) is 1. The Kier molecular flexibility index (Phi) is 5.22. The Morgan fingerprint density at radius 2 is 2.24 bits per heavy atom. The normalized spacial score (nSPS) is 17.6. The molecular formula is C15H19FN2O2S. The van der Waals surface area contributed by atoms with Crippen molar-refractivity contribution in [3.05, 3.63) is 29.6 Å². The molecule has 1 saturated heterocycles. The summed E-state index contributed by atoms with van der Waals surface area (Å²) in [5, 5.41) is 2.46.